The maximum absolute atomic E-state index is 3.67. The third kappa shape index (κ3) is 3.80. The SMILES string of the molecule is CCNC(c1ccc(C)cc1)C(C)(C)N(CC)CC. The standard InChI is InChI=1S/C17H30N2/c1-7-18-16(15-12-10-14(4)11-13-15)17(5,6)19(8-2)9-3/h10-13,16,18H,7-9H2,1-6H3. The van der Waals surface area contributed by atoms with Crippen molar-refractivity contribution >= 4 is 0 Å². The molecule has 0 amide bonds. The van der Waals surface area contributed by atoms with E-state index in [0.717, 1.165) is 19.6 Å². The average Bonchev–Trinajstić information content (AvgIpc) is 2.38. The first-order valence-corrected chi connectivity index (χ1v) is 7.52. The Balaban J connectivity index is 3.08. The number of aryl methyl sites for hydroxylation is 1. The van der Waals surface area contributed by atoms with Gasteiger partial charge in [-0.05, 0) is 46.0 Å². The topological polar surface area (TPSA) is 15.3 Å². The lowest BCUT2D eigenvalue weighted by molar-refractivity contribution is 0.0918. The fraction of sp³-hybridized carbons (Fsp3) is 0.647. The Morgan fingerprint density at radius 1 is 1.05 bits per heavy atom. The minimum atomic E-state index is 0.106. The van der Waals surface area contributed by atoms with Crippen molar-refractivity contribution in [3.8, 4) is 0 Å². The van der Waals surface area contributed by atoms with Crippen LogP contribution in [0, 0.1) is 6.92 Å². The molecule has 0 bridgehead atoms. The van der Waals surface area contributed by atoms with Gasteiger partial charge in [-0.3, -0.25) is 4.90 Å². The van der Waals surface area contributed by atoms with Gasteiger partial charge in [-0.25, -0.2) is 0 Å². The van der Waals surface area contributed by atoms with Crippen molar-refractivity contribution < 1.29 is 0 Å². The van der Waals surface area contributed by atoms with E-state index in [4.69, 9.17) is 0 Å². The molecule has 1 aromatic rings. The highest BCUT2D eigenvalue weighted by atomic mass is 15.2. The highest BCUT2D eigenvalue weighted by Crippen LogP contribution is 2.31. The zero-order valence-corrected chi connectivity index (χ0v) is 13.5. The summed E-state index contributed by atoms with van der Waals surface area (Å²) in [6, 6.07) is 9.29. The van der Waals surface area contributed by atoms with E-state index in [-0.39, 0.29) is 5.54 Å². The zero-order valence-electron chi connectivity index (χ0n) is 13.5. The molecule has 1 atom stereocenters. The number of likely N-dealkylation sites (N-methyl/N-ethyl adjacent to an activating group) is 2. The largest absolute Gasteiger partial charge is 0.309 e. The Labute approximate surface area is 119 Å². The summed E-state index contributed by atoms with van der Waals surface area (Å²) < 4.78 is 0. The van der Waals surface area contributed by atoms with E-state index < -0.39 is 0 Å². The van der Waals surface area contributed by atoms with Crippen LogP contribution in [0.15, 0.2) is 24.3 Å². The van der Waals surface area contributed by atoms with Gasteiger partial charge < -0.3 is 5.32 Å². The van der Waals surface area contributed by atoms with Crippen molar-refractivity contribution in [1.82, 2.24) is 10.2 Å². The van der Waals surface area contributed by atoms with Gasteiger partial charge in [0.2, 0.25) is 0 Å². The summed E-state index contributed by atoms with van der Waals surface area (Å²) in [5.74, 6) is 0. The number of hydrogen-bond donors (Lipinski definition) is 1. The van der Waals surface area contributed by atoms with Crippen LogP contribution in [0.2, 0.25) is 0 Å². The van der Waals surface area contributed by atoms with Crippen molar-refractivity contribution in [3.63, 3.8) is 0 Å². The van der Waals surface area contributed by atoms with Crippen molar-refractivity contribution in [2.75, 3.05) is 19.6 Å². The van der Waals surface area contributed by atoms with Gasteiger partial charge in [0.15, 0.2) is 0 Å². The van der Waals surface area contributed by atoms with Crippen LogP contribution in [0.5, 0.6) is 0 Å². The summed E-state index contributed by atoms with van der Waals surface area (Å²) in [6.45, 7) is 16.6. The number of nitrogens with one attached hydrogen (secondary N) is 1. The van der Waals surface area contributed by atoms with E-state index in [1.807, 2.05) is 0 Å². The Hall–Kier alpha value is -0.860. The predicted molar refractivity (Wildman–Crippen MR) is 84.6 cm³/mol. The first-order valence-electron chi connectivity index (χ1n) is 7.52. The molecular formula is C17H30N2. The van der Waals surface area contributed by atoms with Gasteiger partial charge in [0.05, 0.1) is 6.04 Å². The molecule has 0 aliphatic carbocycles. The third-order valence-corrected chi connectivity index (χ3v) is 4.10. The van der Waals surface area contributed by atoms with Gasteiger partial charge in [-0.2, -0.15) is 0 Å². The number of hydrogen-bond acceptors (Lipinski definition) is 2. The van der Waals surface area contributed by atoms with E-state index in [9.17, 15) is 0 Å². The molecule has 2 heteroatoms. The molecule has 0 fully saturated rings. The van der Waals surface area contributed by atoms with E-state index >= 15 is 0 Å². The number of benzene rings is 1. The first-order chi connectivity index (χ1) is 8.97. The van der Waals surface area contributed by atoms with E-state index in [1.54, 1.807) is 0 Å². The quantitative estimate of drug-likeness (QED) is 0.805. The van der Waals surface area contributed by atoms with Crippen LogP contribution in [0.1, 0.15) is 51.8 Å². The predicted octanol–water partition coefficient (Wildman–Crippen LogP) is 3.77. The molecule has 0 aromatic heterocycles. The molecule has 0 radical (unpaired) electrons. The summed E-state index contributed by atoms with van der Waals surface area (Å²) in [5.41, 5.74) is 2.80. The van der Waals surface area contributed by atoms with Crippen LogP contribution in [-0.4, -0.2) is 30.1 Å². The second-order valence-electron chi connectivity index (χ2n) is 5.73. The maximum atomic E-state index is 3.67. The molecule has 19 heavy (non-hydrogen) atoms. The zero-order chi connectivity index (χ0) is 14.5. The number of nitrogens with zero attached hydrogens (tertiary/aromatic N) is 1. The molecule has 0 heterocycles. The van der Waals surface area contributed by atoms with Gasteiger partial charge in [0, 0.05) is 5.54 Å². The molecule has 0 aliphatic heterocycles. The summed E-state index contributed by atoms with van der Waals surface area (Å²) in [7, 11) is 0. The van der Waals surface area contributed by atoms with E-state index in [0.29, 0.717) is 6.04 Å². The summed E-state index contributed by atoms with van der Waals surface area (Å²) in [5, 5.41) is 3.67. The Bertz CT molecular complexity index is 363. The van der Waals surface area contributed by atoms with E-state index in [1.165, 1.54) is 11.1 Å². The fourth-order valence-corrected chi connectivity index (χ4v) is 2.96. The van der Waals surface area contributed by atoms with Crippen LogP contribution in [0.3, 0.4) is 0 Å². The molecule has 1 rings (SSSR count). The Morgan fingerprint density at radius 3 is 2.00 bits per heavy atom. The molecule has 1 N–H and O–H groups in total. The molecule has 1 aromatic carbocycles. The van der Waals surface area contributed by atoms with Crippen LogP contribution in [0.25, 0.3) is 0 Å². The van der Waals surface area contributed by atoms with Crippen molar-refractivity contribution in [3.05, 3.63) is 35.4 Å². The van der Waals surface area contributed by atoms with E-state index in [2.05, 4.69) is 76.0 Å². The second kappa shape index (κ2) is 7.06. The number of rotatable bonds is 7. The summed E-state index contributed by atoms with van der Waals surface area (Å²) in [4.78, 5) is 2.53. The highest BCUT2D eigenvalue weighted by Gasteiger charge is 2.34. The monoisotopic (exact) mass is 262 g/mol. The molecule has 1 unspecified atom stereocenters. The van der Waals surface area contributed by atoms with Crippen LogP contribution < -0.4 is 5.32 Å². The van der Waals surface area contributed by atoms with Gasteiger partial charge >= 0.3 is 0 Å². The average molecular weight is 262 g/mol. The van der Waals surface area contributed by atoms with Crippen LogP contribution in [-0.2, 0) is 0 Å². The van der Waals surface area contributed by atoms with Gasteiger partial charge in [-0.1, -0.05) is 50.6 Å². The van der Waals surface area contributed by atoms with Crippen LogP contribution in [0.4, 0.5) is 0 Å². The molecular weight excluding hydrogens is 232 g/mol. The molecule has 0 saturated heterocycles. The molecule has 2 nitrogen and oxygen atoms in total. The smallest absolute Gasteiger partial charge is 0.0501 e. The Morgan fingerprint density at radius 2 is 1.58 bits per heavy atom. The van der Waals surface area contributed by atoms with Crippen molar-refractivity contribution in [2.45, 2.75) is 53.1 Å². The first kappa shape index (κ1) is 16.2. The van der Waals surface area contributed by atoms with Crippen molar-refractivity contribution in [2.24, 2.45) is 0 Å². The van der Waals surface area contributed by atoms with Gasteiger partial charge in [0.1, 0.15) is 0 Å². The summed E-state index contributed by atoms with van der Waals surface area (Å²) >= 11 is 0. The maximum Gasteiger partial charge on any atom is 0.0501 e. The molecule has 0 aliphatic rings. The lowest BCUT2D eigenvalue weighted by Gasteiger charge is -2.44. The minimum Gasteiger partial charge on any atom is -0.309 e. The summed E-state index contributed by atoms with van der Waals surface area (Å²) in [6.07, 6.45) is 0. The molecule has 0 saturated carbocycles. The lowest BCUT2D eigenvalue weighted by Crippen LogP contribution is -2.52. The van der Waals surface area contributed by atoms with Crippen molar-refractivity contribution in [1.29, 1.82) is 0 Å². The van der Waals surface area contributed by atoms with Crippen LogP contribution >= 0.6 is 0 Å². The van der Waals surface area contributed by atoms with Gasteiger partial charge in [-0.15, -0.1) is 0 Å². The highest BCUT2D eigenvalue weighted by molar-refractivity contribution is 5.26. The molecule has 0 spiro atoms. The second-order valence-corrected chi connectivity index (χ2v) is 5.73. The fourth-order valence-electron chi connectivity index (χ4n) is 2.96. The minimum absolute atomic E-state index is 0.106. The molecule has 108 valence electrons. The van der Waals surface area contributed by atoms with Gasteiger partial charge in [0.25, 0.3) is 0 Å². The third-order valence-electron chi connectivity index (χ3n) is 4.10. The lowest BCUT2D eigenvalue weighted by atomic mass is 9.86. The Kier molecular flexibility index (Phi) is 6.02. The normalized spacial score (nSPS) is 13.8.